The number of carbonyl (C=O) groups is 1. The molecule has 0 radical (unpaired) electrons. The van der Waals surface area contributed by atoms with Gasteiger partial charge in [-0.05, 0) is 6.07 Å². The largest absolute Gasteiger partial charge is 0.496 e. The van der Waals surface area contributed by atoms with E-state index in [4.69, 9.17) is 4.74 Å². The van der Waals surface area contributed by atoms with Crippen molar-refractivity contribution in [2.45, 2.75) is 5.75 Å². The fourth-order valence-electron chi connectivity index (χ4n) is 0.965. The maximum Gasteiger partial charge on any atom is 0.150 e. The predicted octanol–water partition coefficient (Wildman–Crippen LogP) is 1.94. The van der Waals surface area contributed by atoms with Crippen LogP contribution in [0.15, 0.2) is 18.2 Å². The van der Waals surface area contributed by atoms with Crippen molar-refractivity contribution in [3.8, 4) is 5.75 Å². The summed E-state index contributed by atoms with van der Waals surface area (Å²) in [5.74, 6) is 1.33. The van der Waals surface area contributed by atoms with Crippen LogP contribution >= 0.6 is 12.6 Å². The summed E-state index contributed by atoms with van der Waals surface area (Å²) in [5, 5.41) is 0. The summed E-state index contributed by atoms with van der Waals surface area (Å²) in [6, 6.07) is 5.30. The second-order valence-corrected chi connectivity index (χ2v) is 2.66. The van der Waals surface area contributed by atoms with Crippen molar-refractivity contribution < 1.29 is 9.53 Å². The molecule has 0 N–H and O–H groups in total. The lowest BCUT2D eigenvalue weighted by atomic mass is 10.1. The Bertz CT molecular complexity index is 284. The van der Waals surface area contributed by atoms with Crippen LogP contribution in [0.1, 0.15) is 15.9 Å². The Balaban J connectivity index is 3.10. The van der Waals surface area contributed by atoms with Gasteiger partial charge in [0.15, 0.2) is 0 Å². The summed E-state index contributed by atoms with van der Waals surface area (Å²) in [4.78, 5) is 10.4. The van der Waals surface area contributed by atoms with E-state index in [2.05, 4.69) is 12.6 Å². The Kier molecular flexibility index (Phi) is 3.17. The molecule has 0 unspecified atom stereocenters. The van der Waals surface area contributed by atoms with Crippen LogP contribution in [0, 0.1) is 0 Å². The van der Waals surface area contributed by atoms with E-state index in [1.165, 1.54) is 0 Å². The Hall–Kier alpha value is -0.960. The third-order valence-corrected chi connectivity index (χ3v) is 1.96. The average molecular weight is 182 g/mol. The minimum atomic E-state index is 0.613. The number of hydrogen-bond acceptors (Lipinski definition) is 3. The Morgan fingerprint density at radius 1 is 1.58 bits per heavy atom. The van der Waals surface area contributed by atoms with Gasteiger partial charge in [-0.1, -0.05) is 12.1 Å². The lowest BCUT2D eigenvalue weighted by Crippen LogP contribution is -1.91. The smallest absolute Gasteiger partial charge is 0.150 e. The standard InChI is InChI=1S/C9H10O2S/c1-11-9-4-7(5-10)2-3-8(9)6-12/h2-5,12H,6H2,1H3. The van der Waals surface area contributed by atoms with E-state index < -0.39 is 0 Å². The molecule has 0 fully saturated rings. The third-order valence-electron chi connectivity index (χ3n) is 1.62. The highest BCUT2D eigenvalue weighted by atomic mass is 32.1. The highest BCUT2D eigenvalue weighted by Gasteiger charge is 2.01. The fourth-order valence-corrected chi connectivity index (χ4v) is 1.23. The van der Waals surface area contributed by atoms with Gasteiger partial charge < -0.3 is 4.74 Å². The van der Waals surface area contributed by atoms with Crippen LogP contribution in [0.5, 0.6) is 5.75 Å². The molecular weight excluding hydrogens is 172 g/mol. The van der Waals surface area contributed by atoms with Gasteiger partial charge in [-0.25, -0.2) is 0 Å². The zero-order valence-corrected chi connectivity index (χ0v) is 7.67. The lowest BCUT2D eigenvalue weighted by Gasteiger charge is -2.05. The van der Waals surface area contributed by atoms with Gasteiger partial charge in [-0.15, -0.1) is 0 Å². The van der Waals surface area contributed by atoms with Crippen LogP contribution in [-0.4, -0.2) is 13.4 Å². The molecule has 0 aliphatic rings. The van der Waals surface area contributed by atoms with Gasteiger partial charge in [0.25, 0.3) is 0 Å². The minimum absolute atomic E-state index is 0.613. The highest BCUT2D eigenvalue weighted by Crippen LogP contribution is 2.20. The lowest BCUT2D eigenvalue weighted by molar-refractivity contribution is 0.112. The number of ether oxygens (including phenoxy) is 1. The van der Waals surface area contributed by atoms with Gasteiger partial charge >= 0.3 is 0 Å². The molecule has 0 aliphatic heterocycles. The molecule has 0 heterocycles. The molecular formula is C9H10O2S. The maximum absolute atomic E-state index is 10.4. The summed E-state index contributed by atoms with van der Waals surface area (Å²) in [6.45, 7) is 0. The molecule has 0 atom stereocenters. The number of carbonyl (C=O) groups excluding carboxylic acids is 1. The molecule has 1 aromatic rings. The number of aldehydes is 1. The molecule has 3 heteroatoms. The van der Waals surface area contributed by atoms with Crippen molar-refractivity contribution in [2.75, 3.05) is 7.11 Å². The highest BCUT2D eigenvalue weighted by molar-refractivity contribution is 7.79. The molecule has 0 saturated carbocycles. The molecule has 2 nitrogen and oxygen atoms in total. The minimum Gasteiger partial charge on any atom is -0.496 e. The van der Waals surface area contributed by atoms with E-state index in [-0.39, 0.29) is 0 Å². The Morgan fingerprint density at radius 3 is 2.83 bits per heavy atom. The average Bonchev–Trinajstić information content (AvgIpc) is 2.16. The van der Waals surface area contributed by atoms with Gasteiger partial charge in [0.1, 0.15) is 12.0 Å². The van der Waals surface area contributed by atoms with E-state index >= 15 is 0 Å². The summed E-state index contributed by atoms with van der Waals surface area (Å²) >= 11 is 4.13. The first-order valence-electron chi connectivity index (χ1n) is 3.54. The first-order chi connectivity index (χ1) is 5.81. The molecule has 0 spiro atoms. The van der Waals surface area contributed by atoms with Crippen LogP contribution in [0.25, 0.3) is 0 Å². The molecule has 64 valence electrons. The molecule has 1 rings (SSSR count). The van der Waals surface area contributed by atoms with E-state index in [0.29, 0.717) is 11.3 Å². The SMILES string of the molecule is COc1cc(C=O)ccc1CS. The summed E-state index contributed by atoms with van der Waals surface area (Å²) in [6.07, 6.45) is 0.796. The predicted molar refractivity (Wildman–Crippen MR) is 51.1 cm³/mol. The summed E-state index contributed by atoms with van der Waals surface area (Å²) in [7, 11) is 1.58. The quantitative estimate of drug-likeness (QED) is 0.571. The van der Waals surface area contributed by atoms with Gasteiger partial charge in [0.05, 0.1) is 7.11 Å². The molecule has 1 aromatic carbocycles. The molecule has 0 bridgehead atoms. The molecule has 0 aromatic heterocycles. The van der Waals surface area contributed by atoms with Crippen LogP contribution in [-0.2, 0) is 5.75 Å². The van der Waals surface area contributed by atoms with Crippen molar-refractivity contribution in [3.05, 3.63) is 29.3 Å². The van der Waals surface area contributed by atoms with Crippen LogP contribution < -0.4 is 4.74 Å². The molecule has 0 amide bonds. The van der Waals surface area contributed by atoms with Crippen molar-refractivity contribution in [1.29, 1.82) is 0 Å². The van der Waals surface area contributed by atoms with Gasteiger partial charge in [-0.2, -0.15) is 12.6 Å². The van der Waals surface area contributed by atoms with Crippen LogP contribution in [0.3, 0.4) is 0 Å². The zero-order valence-electron chi connectivity index (χ0n) is 6.78. The van der Waals surface area contributed by atoms with Gasteiger partial charge in [0, 0.05) is 16.9 Å². The van der Waals surface area contributed by atoms with E-state index in [1.807, 2.05) is 6.07 Å². The Labute approximate surface area is 77.0 Å². The number of methoxy groups -OCH3 is 1. The van der Waals surface area contributed by atoms with E-state index in [0.717, 1.165) is 17.6 Å². The van der Waals surface area contributed by atoms with E-state index in [1.54, 1.807) is 19.2 Å². The van der Waals surface area contributed by atoms with Gasteiger partial charge in [0.2, 0.25) is 0 Å². The second kappa shape index (κ2) is 4.16. The first-order valence-corrected chi connectivity index (χ1v) is 4.18. The molecule has 12 heavy (non-hydrogen) atoms. The number of thiol groups is 1. The molecule has 0 aliphatic carbocycles. The zero-order chi connectivity index (χ0) is 8.97. The fraction of sp³-hybridized carbons (Fsp3) is 0.222. The van der Waals surface area contributed by atoms with Crippen molar-refractivity contribution in [1.82, 2.24) is 0 Å². The van der Waals surface area contributed by atoms with Gasteiger partial charge in [-0.3, -0.25) is 4.79 Å². The summed E-state index contributed by atoms with van der Waals surface area (Å²) < 4.78 is 5.07. The van der Waals surface area contributed by atoms with Crippen molar-refractivity contribution in [2.24, 2.45) is 0 Å². The van der Waals surface area contributed by atoms with Crippen molar-refractivity contribution >= 4 is 18.9 Å². The Morgan fingerprint density at radius 2 is 2.33 bits per heavy atom. The normalized spacial score (nSPS) is 9.50. The second-order valence-electron chi connectivity index (χ2n) is 2.35. The topological polar surface area (TPSA) is 26.3 Å². The number of rotatable bonds is 3. The first kappa shape index (κ1) is 9.13. The van der Waals surface area contributed by atoms with E-state index in [9.17, 15) is 4.79 Å². The maximum atomic E-state index is 10.4. The summed E-state index contributed by atoms with van der Waals surface area (Å²) in [5.41, 5.74) is 1.61. The van der Waals surface area contributed by atoms with Crippen molar-refractivity contribution in [3.63, 3.8) is 0 Å². The third kappa shape index (κ3) is 1.80. The number of hydrogen-bond donors (Lipinski definition) is 1. The monoisotopic (exact) mass is 182 g/mol. The van der Waals surface area contributed by atoms with Crippen LogP contribution in [0.2, 0.25) is 0 Å². The van der Waals surface area contributed by atoms with Crippen LogP contribution in [0.4, 0.5) is 0 Å². The number of benzene rings is 1. The molecule has 0 saturated heterocycles.